The Bertz CT molecular complexity index is 386. The van der Waals surface area contributed by atoms with E-state index in [-0.39, 0.29) is 0 Å². The lowest BCUT2D eigenvalue weighted by molar-refractivity contribution is 0.185. The van der Waals surface area contributed by atoms with Crippen molar-refractivity contribution in [2.45, 2.75) is 32.4 Å². The highest BCUT2D eigenvalue weighted by Crippen LogP contribution is 2.24. The highest BCUT2D eigenvalue weighted by molar-refractivity contribution is 5.51. The van der Waals surface area contributed by atoms with Gasteiger partial charge in [0.15, 0.2) is 0 Å². The molecule has 0 spiro atoms. The van der Waals surface area contributed by atoms with E-state index in [9.17, 15) is 0 Å². The fourth-order valence-electron chi connectivity index (χ4n) is 2.83. The molecule has 1 aliphatic heterocycles. The van der Waals surface area contributed by atoms with Gasteiger partial charge in [0, 0.05) is 24.4 Å². The summed E-state index contributed by atoms with van der Waals surface area (Å²) < 4.78 is 5.26. The van der Waals surface area contributed by atoms with E-state index in [1.54, 1.807) is 7.11 Å². The van der Waals surface area contributed by atoms with Crippen LogP contribution in [0.4, 0.5) is 5.69 Å². The van der Waals surface area contributed by atoms with Gasteiger partial charge in [-0.2, -0.15) is 0 Å². The Labute approximate surface area is 116 Å². The highest BCUT2D eigenvalue weighted by Gasteiger charge is 2.22. The Morgan fingerprint density at radius 2 is 2.00 bits per heavy atom. The third kappa shape index (κ3) is 3.95. The lowest BCUT2D eigenvalue weighted by Crippen LogP contribution is -2.37. The van der Waals surface area contributed by atoms with Gasteiger partial charge in [-0.25, -0.2) is 0 Å². The highest BCUT2D eigenvalue weighted by atomic mass is 16.5. The van der Waals surface area contributed by atoms with Crippen molar-refractivity contribution < 1.29 is 4.74 Å². The molecule has 1 aromatic rings. The SMILES string of the molecule is COCc1ccccc1NC(C)C1CCN(C)CC1. The topological polar surface area (TPSA) is 24.5 Å². The minimum Gasteiger partial charge on any atom is -0.382 e. The van der Waals surface area contributed by atoms with Crippen molar-refractivity contribution in [3.05, 3.63) is 29.8 Å². The van der Waals surface area contributed by atoms with Crippen molar-refractivity contribution in [3.8, 4) is 0 Å². The van der Waals surface area contributed by atoms with Crippen LogP contribution in [-0.2, 0) is 11.3 Å². The van der Waals surface area contributed by atoms with E-state index in [4.69, 9.17) is 4.74 Å². The average molecular weight is 262 g/mol. The van der Waals surface area contributed by atoms with E-state index in [1.807, 2.05) is 0 Å². The first-order valence-electron chi connectivity index (χ1n) is 7.22. The molecule has 0 amide bonds. The smallest absolute Gasteiger partial charge is 0.0733 e. The van der Waals surface area contributed by atoms with Crippen LogP contribution in [0.5, 0.6) is 0 Å². The molecule has 1 heterocycles. The molecule has 3 nitrogen and oxygen atoms in total. The average Bonchev–Trinajstić information content (AvgIpc) is 2.42. The van der Waals surface area contributed by atoms with Gasteiger partial charge in [0.2, 0.25) is 0 Å². The number of para-hydroxylation sites is 1. The maximum Gasteiger partial charge on any atom is 0.0733 e. The van der Waals surface area contributed by atoms with Crippen LogP contribution in [0.25, 0.3) is 0 Å². The summed E-state index contributed by atoms with van der Waals surface area (Å²) >= 11 is 0. The second-order valence-electron chi connectivity index (χ2n) is 5.66. The lowest BCUT2D eigenvalue weighted by Gasteiger charge is -2.33. The molecule has 1 atom stereocenters. The van der Waals surface area contributed by atoms with Crippen molar-refractivity contribution in [1.29, 1.82) is 0 Å². The zero-order valence-corrected chi connectivity index (χ0v) is 12.4. The summed E-state index contributed by atoms with van der Waals surface area (Å²) in [7, 11) is 3.96. The Morgan fingerprint density at radius 3 is 2.68 bits per heavy atom. The molecule has 0 bridgehead atoms. The zero-order valence-electron chi connectivity index (χ0n) is 12.4. The van der Waals surface area contributed by atoms with Crippen LogP contribution in [0, 0.1) is 5.92 Å². The van der Waals surface area contributed by atoms with Gasteiger partial charge in [-0.1, -0.05) is 18.2 Å². The van der Waals surface area contributed by atoms with Crippen LogP contribution < -0.4 is 5.32 Å². The molecule has 0 aliphatic carbocycles. The van der Waals surface area contributed by atoms with E-state index in [0.29, 0.717) is 12.6 Å². The molecule has 0 saturated carbocycles. The minimum absolute atomic E-state index is 0.520. The molecule has 106 valence electrons. The van der Waals surface area contributed by atoms with E-state index in [1.165, 1.54) is 37.2 Å². The summed E-state index contributed by atoms with van der Waals surface area (Å²) in [5, 5.41) is 3.68. The molecule has 0 aromatic heterocycles. The first kappa shape index (κ1) is 14.4. The molecular weight excluding hydrogens is 236 g/mol. The molecule has 0 radical (unpaired) electrons. The van der Waals surface area contributed by atoms with Gasteiger partial charge in [0.05, 0.1) is 6.61 Å². The van der Waals surface area contributed by atoms with Crippen molar-refractivity contribution in [2.75, 3.05) is 32.6 Å². The Balaban J connectivity index is 1.96. The fraction of sp³-hybridized carbons (Fsp3) is 0.625. The summed E-state index contributed by atoms with van der Waals surface area (Å²) in [4.78, 5) is 2.42. The van der Waals surface area contributed by atoms with Crippen molar-refractivity contribution in [3.63, 3.8) is 0 Å². The number of likely N-dealkylation sites (tertiary alicyclic amines) is 1. The summed E-state index contributed by atoms with van der Waals surface area (Å²) in [6, 6.07) is 8.96. The largest absolute Gasteiger partial charge is 0.382 e. The molecule has 2 rings (SSSR count). The zero-order chi connectivity index (χ0) is 13.7. The second-order valence-corrected chi connectivity index (χ2v) is 5.66. The third-order valence-corrected chi connectivity index (χ3v) is 4.17. The molecule has 1 aromatic carbocycles. The quantitative estimate of drug-likeness (QED) is 0.883. The van der Waals surface area contributed by atoms with Gasteiger partial charge in [-0.3, -0.25) is 0 Å². The summed E-state index contributed by atoms with van der Waals surface area (Å²) in [5.41, 5.74) is 2.46. The fourth-order valence-corrected chi connectivity index (χ4v) is 2.83. The van der Waals surface area contributed by atoms with E-state index in [2.05, 4.69) is 48.5 Å². The van der Waals surface area contributed by atoms with Gasteiger partial charge in [-0.05, 0) is 51.9 Å². The van der Waals surface area contributed by atoms with E-state index in [0.717, 1.165) is 5.92 Å². The van der Waals surface area contributed by atoms with Gasteiger partial charge < -0.3 is 15.0 Å². The number of nitrogens with one attached hydrogen (secondary N) is 1. The van der Waals surface area contributed by atoms with Crippen LogP contribution in [0.3, 0.4) is 0 Å². The second kappa shape index (κ2) is 6.92. The van der Waals surface area contributed by atoms with Gasteiger partial charge in [0.1, 0.15) is 0 Å². The Kier molecular flexibility index (Phi) is 5.23. The Hall–Kier alpha value is -1.06. The molecule has 1 saturated heterocycles. The molecule has 3 heteroatoms. The summed E-state index contributed by atoms with van der Waals surface area (Å²) in [6.45, 7) is 5.41. The minimum atomic E-state index is 0.520. The normalized spacial score (nSPS) is 19.3. The molecular formula is C16H26N2O. The predicted octanol–water partition coefficient (Wildman–Crippen LogP) is 2.98. The van der Waals surface area contributed by atoms with E-state index < -0.39 is 0 Å². The number of hydrogen-bond acceptors (Lipinski definition) is 3. The van der Waals surface area contributed by atoms with Crippen LogP contribution >= 0.6 is 0 Å². The molecule has 1 unspecified atom stereocenters. The number of methoxy groups -OCH3 is 1. The Morgan fingerprint density at radius 1 is 1.32 bits per heavy atom. The van der Waals surface area contributed by atoms with Crippen LogP contribution in [-0.4, -0.2) is 38.2 Å². The van der Waals surface area contributed by atoms with Crippen molar-refractivity contribution in [1.82, 2.24) is 4.90 Å². The first-order chi connectivity index (χ1) is 9.20. The molecule has 1 N–H and O–H groups in total. The number of piperidine rings is 1. The monoisotopic (exact) mass is 262 g/mol. The first-order valence-corrected chi connectivity index (χ1v) is 7.22. The number of ether oxygens (including phenoxy) is 1. The van der Waals surface area contributed by atoms with E-state index >= 15 is 0 Å². The molecule has 1 aliphatic rings. The number of nitrogens with zero attached hydrogens (tertiary/aromatic N) is 1. The summed E-state index contributed by atoms with van der Waals surface area (Å²) in [5.74, 6) is 0.770. The standard InChI is InChI=1S/C16H26N2O/c1-13(14-8-10-18(2)11-9-14)17-16-7-5-4-6-15(16)12-19-3/h4-7,13-14,17H,8-12H2,1-3H3. The number of benzene rings is 1. The van der Waals surface area contributed by atoms with Crippen molar-refractivity contribution in [2.24, 2.45) is 5.92 Å². The van der Waals surface area contributed by atoms with Gasteiger partial charge in [0.25, 0.3) is 0 Å². The van der Waals surface area contributed by atoms with Gasteiger partial charge in [-0.15, -0.1) is 0 Å². The predicted molar refractivity (Wildman–Crippen MR) is 80.5 cm³/mol. The van der Waals surface area contributed by atoms with Gasteiger partial charge >= 0.3 is 0 Å². The molecule has 19 heavy (non-hydrogen) atoms. The van der Waals surface area contributed by atoms with Crippen molar-refractivity contribution >= 4 is 5.69 Å². The number of hydrogen-bond donors (Lipinski definition) is 1. The maximum absolute atomic E-state index is 5.26. The number of rotatable bonds is 5. The molecule has 1 fully saturated rings. The maximum atomic E-state index is 5.26. The lowest BCUT2D eigenvalue weighted by atomic mass is 9.90. The number of anilines is 1. The third-order valence-electron chi connectivity index (χ3n) is 4.17. The van der Waals surface area contributed by atoms with Crippen LogP contribution in [0.1, 0.15) is 25.3 Å². The van der Waals surface area contributed by atoms with Crippen LogP contribution in [0.15, 0.2) is 24.3 Å². The summed E-state index contributed by atoms with van der Waals surface area (Å²) in [6.07, 6.45) is 2.58. The van der Waals surface area contributed by atoms with Crippen LogP contribution in [0.2, 0.25) is 0 Å².